The Morgan fingerprint density at radius 2 is 1.59 bits per heavy atom. The number of carbonyl (C=O) groups is 3. The third-order valence-electron chi connectivity index (χ3n) is 7.91. The van der Waals surface area contributed by atoms with Gasteiger partial charge < -0.3 is 25.5 Å². The van der Waals surface area contributed by atoms with Crippen molar-refractivity contribution in [1.82, 2.24) is 15.1 Å². The standard InChI is InChI=1S/C33H50N4O2.C2HF3O2/c1-8-18-37(23-26-16-19-36(20-17-26)32(39)34-24(2)3)25(4)21-27-10-9-11-30(22-27)35-31(38)28-12-14-29(15-13-28)33(5,6)7;3-2(4,5)1(6)7/h9-15,22,24-26H,8,16-21,23H2,1-7H3,(H,34,39)(H,35,38);(H,6,7). The molecule has 0 saturated carbocycles. The summed E-state index contributed by atoms with van der Waals surface area (Å²) in [6.07, 6.45) is -0.933. The third-order valence-corrected chi connectivity index (χ3v) is 7.91. The summed E-state index contributed by atoms with van der Waals surface area (Å²) in [5.41, 5.74) is 4.01. The van der Waals surface area contributed by atoms with Crippen molar-refractivity contribution in [2.75, 3.05) is 31.5 Å². The lowest BCUT2D eigenvalue weighted by Gasteiger charge is -2.37. The number of carbonyl (C=O) groups excluding carboxylic acids is 2. The number of nitrogens with zero attached hydrogens (tertiary/aromatic N) is 2. The lowest BCUT2D eigenvalue weighted by Crippen LogP contribution is -2.48. The van der Waals surface area contributed by atoms with Crippen LogP contribution in [-0.4, -0.2) is 77.3 Å². The zero-order valence-corrected chi connectivity index (χ0v) is 28.2. The molecule has 1 saturated heterocycles. The van der Waals surface area contributed by atoms with Crippen LogP contribution in [0, 0.1) is 5.92 Å². The van der Waals surface area contributed by atoms with Gasteiger partial charge in [0.25, 0.3) is 5.91 Å². The van der Waals surface area contributed by atoms with E-state index >= 15 is 0 Å². The normalized spacial score (nSPS) is 14.8. The number of alkyl halides is 3. The van der Waals surface area contributed by atoms with Gasteiger partial charge in [-0.15, -0.1) is 0 Å². The Balaban J connectivity index is 0.000000942. The number of anilines is 1. The maximum atomic E-state index is 12.9. The third kappa shape index (κ3) is 13.0. The first-order chi connectivity index (χ1) is 21.4. The van der Waals surface area contributed by atoms with Gasteiger partial charge in [0.05, 0.1) is 0 Å². The highest BCUT2D eigenvalue weighted by Crippen LogP contribution is 2.24. The predicted octanol–water partition coefficient (Wildman–Crippen LogP) is 7.34. The van der Waals surface area contributed by atoms with Crippen molar-refractivity contribution in [3.8, 4) is 0 Å². The van der Waals surface area contributed by atoms with Crippen LogP contribution in [-0.2, 0) is 16.6 Å². The van der Waals surface area contributed by atoms with Gasteiger partial charge in [0.15, 0.2) is 0 Å². The molecule has 11 heteroatoms. The van der Waals surface area contributed by atoms with E-state index in [1.165, 1.54) is 11.1 Å². The van der Waals surface area contributed by atoms with Crippen LogP contribution in [0.2, 0.25) is 0 Å². The van der Waals surface area contributed by atoms with Crippen LogP contribution in [0.1, 0.15) is 89.2 Å². The number of nitrogens with one attached hydrogen (secondary N) is 2. The Morgan fingerprint density at radius 3 is 2.09 bits per heavy atom. The molecular formula is C35H51F3N4O4. The number of hydrogen-bond acceptors (Lipinski definition) is 4. The van der Waals surface area contributed by atoms with Crippen LogP contribution in [0.4, 0.5) is 23.7 Å². The lowest BCUT2D eigenvalue weighted by molar-refractivity contribution is -0.192. The molecule has 46 heavy (non-hydrogen) atoms. The summed E-state index contributed by atoms with van der Waals surface area (Å²) < 4.78 is 31.7. The molecule has 1 aliphatic heterocycles. The van der Waals surface area contributed by atoms with E-state index in [1.807, 2.05) is 55.1 Å². The number of benzene rings is 2. The molecule has 1 heterocycles. The fourth-order valence-electron chi connectivity index (χ4n) is 5.34. The number of carboxylic acid groups (broad SMARTS) is 1. The maximum Gasteiger partial charge on any atom is 0.490 e. The first-order valence-corrected chi connectivity index (χ1v) is 16.0. The Bertz CT molecular complexity index is 1270. The second-order valence-corrected chi connectivity index (χ2v) is 13.4. The quantitative estimate of drug-likeness (QED) is 0.250. The first kappa shape index (κ1) is 38.6. The van der Waals surface area contributed by atoms with Crippen molar-refractivity contribution in [3.63, 3.8) is 0 Å². The molecule has 3 amide bonds. The van der Waals surface area contributed by atoms with Crippen molar-refractivity contribution >= 4 is 23.6 Å². The molecule has 0 spiro atoms. The Kier molecular flexibility index (Phi) is 14.6. The number of likely N-dealkylation sites (tertiary alicyclic amines) is 1. The zero-order valence-electron chi connectivity index (χ0n) is 28.2. The van der Waals surface area contributed by atoms with Gasteiger partial charge in [-0.05, 0) is 99.7 Å². The number of urea groups is 1. The van der Waals surface area contributed by atoms with E-state index in [4.69, 9.17) is 9.90 Å². The topological polar surface area (TPSA) is 102 Å². The van der Waals surface area contributed by atoms with E-state index < -0.39 is 12.1 Å². The van der Waals surface area contributed by atoms with E-state index in [-0.39, 0.29) is 23.4 Å². The highest BCUT2D eigenvalue weighted by Gasteiger charge is 2.38. The number of halogens is 3. The number of hydrogen-bond donors (Lipinski definition) is 3. The zero-order chi connectivity index (χ0) is 34.7. The fourth-order valence-corrected chi connectivity index (χ4v) is 5.34. The SMILES string of the molecule is CCCN(CC1CCN(C(=O)NC(C)C)CC1)C(C)Cc1cccc(NC(=O)c2ccc(C(C)(C)C)cc2)c1.O=C(O)C(F)(F)F. The molecule has 1 atom stereocenters. The molecule has 0 radical (unpaired) electrons. The molecule has 1 unspecified atom stereocenters. The maximum absolute atomic E-state index is 12.9. The van der Waals surface area contributed by atoms with Gasteiger partial charge in [0.2, 0.25) is 0 Å². The van der Waals surface area contributed by atoms with E-state index in [0.717, 1.165) is 57.5 Å². The van der Waals surface area contributed by atoms with Gasteiger partial charge in [-0.3, -0.25) is 4.79 Å². The summed E-state index contributed by atoms with van der Waals surface area (Å²) in [7, 11) is 0. The highest BCUT2D eigenvalue weighted by molar-refractivity contribution is 6.04. The molecule has 1 aliphatic rings. The van der Waals surface area contributed by atoms with E-state index in [1.54, 1.807) is 0 Å². The minimum atomic E-state index is -5.08. The smallest absolute Gasteiger partial charge is 0.475 e. The van der Waals surface area contributed by atoms with Crippen LogP contribution in [0.5, 0.6) is 0 Å². The lowest BCUT2D eigenvalue weighted by atomic mass is 9.87. The van der Waals surface area contributed by atoms with Crippen LogP contribution in [0.25, 0.3) is 0 Å². The second kappa shape index (κ2) is 17.4. The monoisotopic (exact) mass is 648 g/mol. The number of carboxylic acids is 1. The highest BCUT2D eigenvalue weighted by atomic mass is 19.4. The van der Waals surface area contributed by atoms with Crippen molar-refractivity contribution in [2.45, 2.75) is 97.8 Å². The average molecular weight is 649 g/mol. The van der Waals surface area contributed by atoms with Crippen molar-refractivity contribution in [3.05, 3.63) is 65.2 Å². The fraction of sp³-hybridized carbons (Fsp3) is 0.571. The molecule has 0 aliphatic carbocycles. The molecule has 3 rings (SSSR count). The van der Waals surface area contributed by atoms with Crippen LogP contribution in [0.3, 0.4) is 0 Å². The first-order valence-electron chi connectivity index (χ1n) is 16.0. The van der Waals surface area contributed by atoms with Crippen molar-refractivity contribution in [2.24, 2.45) is 5.92 Å². The predicted molar refractivity (Wildman–Crippen MR) is 176 cm³/mol. The van der Waals surface area contributed by atoms with E-state index in [2.05, 4.69) is 62.3 Å². The molecular weight excluding hydrogens is 597 g/mol. The van der Waals surface area contributed by atoms with Gasteiger partial charge in [-0.1, -0.05) is 52.0 Å². The Labute approximate surface area is 271 Å². The van der Waals surface area contributed by atoms with Gasteiger partial charge in [0.1, 0.15) is 0 Å². The van der Waals surface area contributed by atoms with E-state index in [9.17, 15) is 22.8 Å². The second-order valence-electron chi connectivity index (χ2n) is 13.4. The summed E-state index contributed by atoms with van der Waals surface area (Å²) in [4.78, 5) is 38.7. The molecule has 1 fully saturated rings. The van der Waals surface area contributed by atoms with Crippen LogP contribution < -0.4 is 10.6 Å². The summed E-state index contributed by atoms with van der Waals surface area (Å²) in [5.74, 6) is -2.23. The number of rotatable bonds is 10. The minimum absolute atomic E-state index is 0.0625. The molecule has 256 valence electrons. The number of amides is 3. The summed E-state index contributed by atoms with van der Waals surface area (Å²) >= 11 is 0. The minimum Gasteiger partial charge on any atom is -0.475 e. The molecule has 2 aromatic carbocycles. The molecule has 2 aromatic rings. The molecule has 3 N–H and O–H groups in total. The summed E-state index contributed by atoms with van der Waals surface area (Å²) in [6.45, 7) is 18.9. The molecule has 0 bridgehead atoms. The van der Waals surface area contributed by atoms with Crippen LogP contribution in [0.15, 0.2) is 48.5 Å². The number of piperidine rings is 1. The molecule has 0 aromatic heterocycles. The van der Waals surface area contributed by atoms with Crippen LogP contribution >= 0.6 is 0 Å². The average Bonchev–Trinajstić information content (AvgIpc) is 2.96. The molecule has 8 nitrogen and oxygen atoms in total. The van der Waals surface area contributed by atoms with Gasteiger partial charge in [-0.2, -0.15) is 13.2 Å². The van der Waals surface area contributed by atoms with Crippen molar-refractivity contribution in [1.29, 1.82) is 0 Å². The Morgan fingerprint density at radius 1 is 1.00 bits per heavy atom. The summed E-state index contributed by atoms with van der Waals surface area (Å²) in [5, 5.41) is 13.2. The summed E-state index contributed by atoms with van der Waals surface area (Å²) in [6, 6.07) is 16.8. The van der Waals surface area contributed by atoms with E-state index in [0.29, 0.717) is 17.5 Å². The number of aliphatic carboxylic acids is 1. The van der Waals surface area contributed by atoms with Gasteiger partial charge in [0, 0.05) is 43.0 Å². The van der Waals surface area contributed by atoms with Gasteiger partial charge >= 0.3 is 18.2 Å². The van der Waals surface area contributed by atoms with Gasteiger partial charge in [-0.25, -0.2) is 9.59 Å². The Hall–Kier alpha value is -3.60. The van der Waals surface area contributed by atoms with Crippen molar-refractivity contribution < 1.29 is 32.7 Å². The largest absolute Gasteiger partial charge is 0.490 e.